The summed E-state index contributed by atoms with van der Waals surface area (Å²) in [5.74, 6) is 0.478. The number of quaternary nitrogens is 1. The lowest BCUT2D eigenvalue weighted by atomic mass is 9.99. The van der Waals surface area contributed by atoms with Crippen LogP contribution in [0.2, 0.25) is 0 Å². The van der Waals surface area contributed by atoms with Crippen molar-refractivity contribution >= 4 is 11.9 Å². The van der Waals surface area contributed by atoms with Crippen LogP contribution >= 0.6 is 0 Å². The molecule has 0 radical (unpaired) electrons. The van der Waals surface area contributed by atoms with Crippen LogP contribution < -0.4 is 15.5 Å². The molecule has 0 aromatic heterocycles. The van der Waals surface area contributed by atoms with Gasteiger partial charge in [0.05, 0.1) is 13.1 Å². The highest BCUT2D eigenvalue weighted by molar-refractivity contribution is 5.96. The highest BCUT2D eigenvalue weighted by atomic mass is 16.2. The number of imide groups is 1. The van der Waals surface area contributed by atoms with Gasteiger partial charge in [-0.2, -0.15) is 0 Å². The second-order valence-electron chi connectivity index (χ2n) is 5.70. The minimum Gasteiger partial charge on any atom is -0.336 e. The molecule has 0 saturated carbocycles. The quantitative estimate of drug-likeness (QED) is 0.661. The standard InChI is InChI=1S/C13H25N3O2/c1-9(2)14-13(18)15-12(17)11(4)16-7-5-6-10(3)8-16/h9-11H,5-8H2,1-4H3,(H2,14,15,17,18)/p+1/t10-,11-/m0/s1. The SMILES string of the molecule is CC(C)NC(=O)NC(=O)[C@H](C)[NH+]1CCC[C@H](C)C1. The van der Waals surface area contributed by atoms with Gasteiger partial charge in [-0.15, -0.1) is 0 Å². The largest absolute Gasteiger partial charge is 0.336 e. The molecule has 3 N–H and O–H groups in total. The zero-order valence-electron chi connectivity index (χ0n) is 11.9. The topological polar surface area (TPSA) is 62.6 Å². The Morgan fingerprint density at radius 3 is 2.50 bits per heavy atom. The molecule has 0 spiro atoms. The van der Waals surface area contributed by atoms with Crippen LogP contribution in [0.3, 0.4) is 0 Å². The summed E-state index contributed by atoms with van der Waals surface area (Å²) in [5.41, 5.74) is 0. The van der Waals surface area contributed by atoms with Gasteiger partial charge in [-0.05, 0) is 33.6 Å². The molecular weight excluding hydrogens is 230 g/mol. The monoisotopic (exact) mass is 256 g/mol. The Balaban J connectivity index is 2.43. The van der Waals surface area contributed by atoms with Gasteiger partial charge in [0.2, 0.25) is 0 Å². The second kappa shape index (κ2) is 6.73. The summed E-state index contributed by atoms with van der Waals surface area (Å²) in [6.07, 6.45) is 2.40. The molecule has 5 heteroatoms. The lowest BCUT2D eigenvalue weighted by Gasteiger charge is -2.31. The predicted octanol–water partition coefficient (Wildman–Crippen LogP) is -0.0761. The summed E-state index contributed by atoms with van der Waals surface area (Å²) in [7, 11) is 0. The van der Waals surface area contributed by atoms with E-state index in [1.165, 1.54) is 11.3 Å². The van der Waals surface area contributed by atoms with Crippen molar-refractivity contribution in [3.8, 4) is 0 Å². The highest BCUT2D eigenvalue weighted by Gasteiger charge is 2.30. The summed E-state index contributed by atoms with van der Waals surface area (Å²) in [6.45, 7) is 9.88. The fraction of sp³-hybridized carbons (Fsp3) is 0.846. The van der Waals surface area contributed by atoms with Crippen molar-refractivity contribution < 1.29 is 14.5 Å². The van der Waals surface area contributed by atoms with Gasteiger partial charge in [0, 0.05) is 12.0 Å². The Morgan fingerprint density at radius 2 is 1.94 bits per heavy atom. The molecule has 0 aliphatic carbocycles. The van der Waals surface area contributed by atoms with Gasteiger partial charge >= 0.3 is 6.03 Å². The summed E-state index contributed by atoms with van der Waals surface area (Å²) in [6, 6.07) is -0.521. The Labute approximate surface area is 109 Å². The van der Waals surface area contributed by atoms with Gasteiger partial charge in [0.25, 0.3) is 5.91 Å². The first-order valence-electron chi connectivity index (χ1n) is 6.86. The van der Waals surface area contributed by atoms with E-state index in [1.807, 2.05) is 20.8 Å². The maximum absolute atomic E-state index is 11.9. The van der Waals surface area contributed by atoms with Crippen molar-refractivity contribution in [3.05, 3.63) is 0 Å². The number of likely N-dealkylation sites (tertiary alicyclic amines) is 1. The van der Waals surface area contributed by atoms with Gasteiger partial charge in [-0.1, -0.05) is 6.92 Å². The van der Waals surface area contributed by atoms with Crippen LogP contribution in [-0.4, -0.2) is 37.1 Å². The van der Waals surface area contributed by atoms with Crippen molar-refractivity contribution in [3.63, 3.8) is 0 Å². The molecule has 104 valence electrons. The third-order valence-corrected chi connectivity index (χ3v) is 3.47. The van der Waals surface area contributed by atoms with Crippen LogP contribution in [0.4, 0.5) is 4.79 Å². The zero-order chi connectivity index (χ0) is 13.7. The number of hydrogen-bond donors (Lipinski definition) is 3. The smallest absolute Gasteiger partial charge is 0.321 e. The van der Waals surface area contributed by atoms with E-state index >= 15 is 0 Å². The summed E-state index contributed by atoms with van der Waals surface area (Å²) in [4.78, 5) is 24.7. The molecule has 1 heterocycles. The maximum Gasteiger partial charge on any atom is 0.321 e. The molecule has 3 amide bonds. The summed E-state index contributed by atoms with van der Waals surface area (Å²) >= 11 is 0. The van der Waals surface area contributed by atoms with E-state index in [1.54, 1.807) is 0 Å². The van der Waals surface area contributed by atoms with Crippen molar-refractivity contribution in [2.24, 2.45) is 5.92 Å². The maximum atomic E-state index is 11.9. The average Bonchev–Trinajstić information content (AvgIpc) is 2.26. The number of piperidine rings is 1. The van der Waals surface area contributed by atoms with Crippen LogP contribution in [0.1, 0.15) is 40.5 Å². The predicted molar refractivity (Wildman–Crippen MR) is 70.4 cm³/mol. The van der Waals surface area contributed by atoms with Gasteiger partial charge in [0.15, 0.2) is 6.04 Å². The van der Waals surface area contributed by atoms with E-state index < -0.39 is 6.03 Å². The van der Waals surface area contributed by atoms with Crippen molar-refractivity contribution in [2.45, 2.75) is 52.6 Å². The molecule has 1 saturated heterocycles. The second-order valence-corrected chi connectivity index (χ2v) is 5.70. The lowest BCUT2D eigenvalue weighted by molar-refractivity contribution is -0.922. The van der Waals surface area contributed by atoms with Crippen molar-refractivity contribution in [1.82, 2.24) is 10.6 Å². The number of amides is 3. The molecule has 0 aromatic rings. The Morgan fingerprint density at radius 1 is 1.28 bits per heavy atom. The molecule has 18 heavy (non-hydrogen) atoms. The van der Waals surface area contributed by atoms with Crippen LogP contribution in [0, 0.1) is 5.92 Å². The highest BCUT2D eigenvalue weighted by Crippen LogP contribution is 2.05. The van der Waals surface area contributed by atoms with Gasteiger partial charge in [-0.25, -0.2) is 4.79 Å². The van der Waals surface area contributed by atoms with E-state index in [0.717, 1.165) is 19.5 Å². The van der Waals surface area contributed by atoms with E-state index in [9.17, 15) is 9.59 Å². The normalized spacial score (nSPS) is 25.6. The van der Waals surface area contributed by atoms with Gasteiger partial charge in [0.1, 0.15) is 0 Å². The zero-order valence-corrected chi connectivity index (χ0v) is 11.9. The minimum absolute atomic E-state index is 0.0375. The average molecular weight is 256 g/mol. The number of rotatable bonds is 3. The third kappa shape index (κ3) is 4.64. The molecule has 0 bridgehead atoms. The van der Waals surface area contributed by atoms with Gasteiger partial charge in [-0.3, -0.25) is 10.1 Å². The Kier molecular flexibility index (Phi) is 5.59. The summed E-state index contributed by atoms with van der Waals surface area (Å²) < 4.78 is 0. The van der Waals surface area contributed by atoms with E-state index in [0.29, 0.717) is 5.92 Å². The molecule has 5 nitrogen and oxygen atoms in total. The first kappa shape index (κ1) is 15.0. The van der Waals surface area contributed by atoms with E-state index in [2.05, 4.69) is 17.6 Å². The number of carbonyl (C=O) groups is 2. The number of urea groups is 1. The summed E-state index contributed by atoms with van der Waals surface area (Å²) in [5, 5.41) is 5.07. The third-order valence-electron chi connectivity index (χ3n) is 3.47. The first-order valence-corrected chi connectivity index (χ1v) is 6.86. The van der Waals surface area contributed by atoms with Crippen molar-refractivity contribution in [1.29, 1.82) is 0 Å². The molecule has 1 fully saturated rings. The van der Waals surface area contributed by atoms with Crippen molar-refractivity contribution in [2.75, 3.05) is 13.1 Å². The van der Waals surface area contributed by atoms with Crippen LogP contribution in [0.15, 0.2) is 0 Å². The molecule has 0 aromatic carbocycles. The number of nitrogens with one attached hydrogen (secondary N) is 3. The molecule has 1 aliphatic heterocycles. The van der Waals surface area contributed by atoms with Gasteiger partial charge < -0.3 is 10.2 Å². The molecule has 1 unspecified atom stereocenters. The van der Waals surface area contributed by atoms with Crippen LogP contribution in [0.5, 0.6) is 0 Å². The molecular formula is C13H26N3O2+. The molecule has 3 atom stereocenters. The molecule has 1 rings (SSSR count). The number of hydrogen-bond acceptors (Lipinski definition) is 2. The Hall–Kier alpha value is -1.10. The van der Waals surface area contributed by atoms with E-state index in [4.69, 9.17) is 0 Å². The van der Waals surface area contributed by atoms with Crippen LogP contribution in [0.25, 0.3) is 0 Å². The van der Waals surface area contributed by atoms with Crippen LogP contribution in [-0.2, 0) is 4.79 Å². The number of carbonyl (C=O) groups excluding carboxylic acids is 2. The fourth-order valence-corrected chi connectivity index (χ4v) is 2.43. The lowest BCUT2D eigenvalue weighted by Crippen LogP contribution is -3.18. The van der Waals surface area contributed by atoms with E-state index in [-0.39, 0.29) is 18.0 Å². The molecule has 1 aliphatic rings. The fourth-order valence-electron chi connectivity index (χ4n) is 2.43. The minimum atomic E-state index is -0.397. The first-order chi connectivity index (χ1) is 8.40. The Bertz CT molecular complexity index is 305.